The summed E-state index contributed by atoms with van der Waals surface area (Å²) >= 11 is 1.57. The molecule has 0 spiro atoms. The lowest BCUT2D eigenvalue weighted by Crippen LogP contribution is -1.97. The van der Waals surface area contributed by atoms with E-state index in [1.165, 1.54) is 5.56 Å². The molecule has 0 aliphatic heterocycles. The van der Waals surface area contributed by atoms with Crippen LogP contribution in [0.3, 0.4) is 0 Å². The Kier molecular flexibility index (Phi) is 3.72. The average molecular weight is 296 g/mol. The highest BCUT2D eigenvalue weighted by atomic mass is 32.1. The monoisotopic (exact) mass is 296 g/mol. The van der Waals surface area contributed by atoms with Crippen LogP contribution in [0.25, 0.3) is 4.96 Å². The maximum atomic E-state index is 9.33. The summed E-state index contributed by atoms with van der Waals surface area (Å²) in [6, 6.07) is 12.6. The molecule has 0 radical (unpaired) electrons. The van der Waals surface area contributed by atoms with Crippen LogP contribution in [0.5, 0.6) is 0 Å². The van der Waals surface area contributed by atoms with Gasteiger partial charge in [-0.1, -0.05) is 55.5 Å². The molecular weight excluding hydrogens is 280 g/mol. The number of fused-ring (bicyclic) bond motifs is 1. The summed E-state index contributed by atoms with van der Waals surface area (Å²) in [4.78, 5) is 5.37. The molecule has 0 fully saturated rings. The second-order valence-corrected chi connectivity index (χ2v) is 6.33. The number of benzene rings is 1. The summed E-state index contributed by atoms with van der Waals surface area (Å²) in [6.45, 7) is 4.09. The van der Waals surface area contributed by atoms with Crippen molar-refractivity contribution in [3.05, 3.63) is 52.3 Å². The van der Waals surface area contributed by atoms with Gasteiger partial charge in [-0.25, -0.2) is 4.98 Å². The van der Waals surface area contributed by atoms with Gasteiger partial charge in [0.15, 0.2) is 5.69 Å². The largest absolute Gasteiger partial charge is 0.221 e. The molecule has 21 heavy (non-hydrogen) atoms. The van der Waals surface area contributed by atoms with Gasteiger partial charge in [-0.05, 0) is 17.9 Å². The van der Waals surface area contributed by atoms with Crippen LogP contribution in [0.1, 0.15) is 41.7 Å². The molecule has 106 valence electrons. The lowest BCUT2D eigenvalue weighted by molar-refractivity contribution is 0.813. The fourth-order valence-electron chi connectivity index (χ4n) is 2.31. The number of aromatic nitrogens is 3. The summed E-state index contributed by atoms with van der Waals surface area (Å²) in [6.07, 6.45) is 1.83. The third-order valence-corrected chi connectivity index (χ3v) is 4.36. The van der Waals surface area contributed by atoms with Crippen molar-refractivity contribution in [3.8, 4) is 6.07 Å². The van der Waals surface area contributed by atoms with Crippen molar-refractivity contribution in [2.45, 2.75) is 32.6 Å². The van der Waals surface area contributed by atoms with E-state index >= 15 is 0 Å². The molecule has 4 nitrogen and oxygen atoms in total. The minimum absolute atomic E-state index is 0.237. The van der Waals surface area contributed by atoms with E-state index in [1.807, 2.05) is 32.0 Å². The van der Waals surface area contributed by atoms with E-state index < -0.39 is 0 Å². The van der Waals surface area contributed by atoms with Crippen LogP contribution in [0.2, 0.25) is 0 Å². The van der Waals surface area contributed by atoms with Crippen LogP contribution in [0.4, 0.5) is 0 Å². The van der Waals surface area contributed by atoms with Crippen LogP contribution in [0, 0.1) is 11.3 Å². The molecule has 1 aromatic carbocycles. The zero-order valence-electron chi connectivity index (χ0n) is 12.1. The minimum atomic E-state index is 0.237. The van der Waals surface area contributed by atoms with Crippen molar-refractivity contribution in [2.24, 2.45) is 0 Å². The van der Waals surface area contributed by atoms with E-state index in [2.05, 4.69) is 28.3 Å². The van der Waals surface area contributed by atoms with Crippen LogP contribution < -0.4 is 0 Å². The number of imidazole rings is 1. The minimum Gasteiger partial charge on any atom is -0.221 e. The standard InChI is InChI=1S/C16H16N4S/c1-11(2)15-13(10-17)20-16(18-15)21-14(19-20)9-8-12-6-4-3-5-7-12/h3-7,11H,8-9H2,1-2H3. The zero-order valence-corrected chi connectivity index (χ0v) is 12.9. The van der Waals surface area contributed by atoms with Gasteiger partial charge in [-0.2, -0.15) is 14.9 Å². The SMILES string of the molecule is CC(C)c1nc2sc(CCc3ccccc3)nn2c1C#N. The van der Waals surface area contributed by atoms with Crippen LogP contribution in [0.15, 0.2) is 30.3 Å². The van der Waals surface area contributed by atoms with Crippen molar-refractivity contribution in [3.63, 3.8) is 0 Å². The fraction of sp³-hybridized carbons (Fsp3) is 0.312. The first kappa shape index (κ1) is 13.8. The van der Waals surface area contributed by atoms with Crippen molar-refractivity contribution in [1.29, 1.82) is 5.26 Å². The third-order valence-electron chi connectivity index (χ3n) is 3.40. The molecule has 2 aromatic heterocycles. The fourth-order valence-corrected chi connectivity index (χ4v) is 3.21. The Hall–Kier alpha value is -2.19. The van der Waals surface area contributed by atoms with Crippen LogP contribution in [-0.4, -0.2) is 14.6 Å². The Morgan fingerprint density at radius 1 is 1.24 bits per heavy atom. The summed E-state index contributed by atoms with van der Waals surface area (Å²) in [5.41, 5.74) is 2.71. The first-order valence-corrected chi connectivity index (χ1v) is 7.83. The molecule has 3 rings (SSSR count). The van der Waals surface area contributed by atoms with Gasteiger partial charge < -0.3 is 0 Å². The van der Waals surface area contributed by atoms with E-state index in [-0.39, 0.29) is 5.92 Å². The molecule has 3 aromatic rings. The number of hydrogen-bond acceptors (Lipinski definition) is 4. The maximum Gasteiger partial charge on any atom is 0.213 e. The molecule has 0 saturated carbocycles. The molecule has 2 heterocycles. The summed E-state index contributed by atoms with van der Waals surface area (Å²) < 4.78 is 1.69. The molecular formula is C16H16N4S. The zero-order chi connectivity index (χ0) is 14.8. The second kappa shape index (κ2) is 5.66. The predicted octanol–water partition coefficient (Wildman–Crippen LogP) is 3.57. The summed E-state index contributed by atoms with van der Waals surface area (Å²) in [7, 11) is 0. The third kappa shape index (κ3) is 2.67. The maximum absolute atomic E-state index is 9.33. The van der Waals surface area contributed by atoms with E-state index in [0.717, 1.165) is 28.5 Å². The molecule has 0 aliphatic rings. The van der Waals surface area contributed by atoms with E-state index in [9.17, 15) is 5.26 Å². The Labute approximate surface area is 127 Å². The molecule has 0 bridgehead atoms. The number of hydrogen-bond donors (Lipinski definition) is 0. The Morgan fingerprint density at radius 2 is 2.00 bits per heavy atom. The quantitative estimate of drug-likeness (QED) is 0.739. The van der Waals surface area contributed by atoms with Gasteiger partial charge in [-0.15, -0.1) is 0 Å². The molecule has 5 heteroatoms. The van der Waals surface area contributed by atoms with Gasteiger partial charge in [0.05, 0.1) is 5.69 Å². The number of nitrogens with zero attached hydrogens (tertiary/aromatic N) is 4. The predicted molar refractivity (Wildman–Crippen MR) is 83.5 cm³/mol. The van der Waals surface area contributed by atoms with Crippen LogP contribution in [-0.2, 0) is 12.8 Å². The smallest absolute Gasteiger partial charge is 0.213 e. The summed E-state index contributed by atoms with van der Waals surface area (Å²) in [5.74, 6) is 0.237. The molecule has 0 amide bonds. The number of nitriles is 1. The molecule has 0 saturated heterocycles. The number of rotatable bonds is 4. The van der Waals surface area contributed by atoms with E-state index in [0.29, 0.717) is 5.69 Å². The Bertz CT molecular complexity index is 793. The Morgan fingerprint density at radius 3 is 2.67 bits per heavy atom. The van der Waals surface area contributed by atoms with Gasteiger partial charge in [0.2, 0.25) is 4.96 Å². The highest BCUT2D eigenvalue weighted by Crippen LogP contribution is 2.24. The molecule has 0 atom stereocenters. The summed E-state index contributed by atoms with van der Waals surface area (Å²) in [5, 5.41) is 14.9. The van der Waals surface area contributed by atoms with Gasteiger partial charge >= 0.3 is 0 Å². The highest BCUT2D eigenvalue weighted by Gasteiger charge is 2.18. The highest BCUT2D eigenvalue weighted by molar-refractivity contribution is 7.16. The second-order valence-electron chi connectivity index (χ2n) is 5.29. The van der Waals surface area contributed by atoms with Gasteiger partial charge in [0.25, 0.3) is 0 Å². The number of aryl methyl sites for hydroxylation is 2. The van der Waals surface area contributed by atoms with Gasteiger partial charge in [-0.3, -0.25) is 0 Å². The van der Waals surface area contributed by atoms with Crippen LogP contribution >= 0.6 is 11.3 Å². The van der Waals surface area contributed by atoms with Crippen molar-refractivity contribution in [2.75, 3.05) is 0 Å². The van der Waals surface area contributed by atoms with E-state index in [1.54, 1.807) is 15.9 Å². The first-order chi connectivity index (χ1) is 10.2. The Balaban J connectivity index is 1.85. The molecule has 0 N–H and O–H groups in total. The molecule has 0 unspecified atom stereocenters. The van der Waals surface area contributed by atoms with Gasteiger partial charge in [0, 0.05) is 6.42 Å². The van der Waals surface area contributed by atoms with Gasteiger partial charge in [0.1, 0.15) is 11.1 Å². The normalized spacial score (nSPS) is 11.1. The van der Waals surface area contributed by atoms with E-state index in [4.69, 9.17) is 0 Å². The molecule has 0 aliphatic carbocycles. The lowest BCUT2D eigenvalue weighted by Gasteiger charge is -1.99. The average Bonchev–Trinajstić information content (AvgIpc) is 3.03. The van der Waals surface area contributed by atoms with Crippen molar-refractivity contribution in [1.82, 2.24) is 14.6 Å². The van der Waals surface area contributed by atoms with Crippen molar-refractivity contribution < 1.29 is 0 Å². The van der Waals surface area contributed by atoms with Crippen molar-refractivity contribution >= 4 is 16.3 Å². The first-order valence-electron chi connectivity index (χ1n) is 7.01. The lowest BCUT2D eigenvalue weighted by atomic mass is 10.1. The topological polar surface area (TPSA) is 54.0 Å².